The van der Waals surface area contributed by atoms with Gasteiger partial charge in [-0.3, -0.25) is 4.68 Å². The van der Waals surface area contributed by atoms with Gasteiger partial charge in [0.15, 0.2) is 0 Å². The van der Waals surface area contributed by atoms with Crippen LogP contribution in [0.15, 0.2) is 54.9 Å². The van der Waals surface area contributed by atoms with Gasteiger partial charge in [0, 0.05) is 17.8 Å². The minimum absolute atomic E-state index is 0. The van der Waals surface area contributed by atoms with Gasteiger partial charge in [-0.25, -0.2) is 4.79 Å². The van der Waals surface area contributed by atoms with E-state index < -0.39 is 12.1 Å². The fourth-order valence-corrected chi connectivity index (χ4v) is 1.59. The van der Waals surface area contributed by atoms with Gasteiger partial charge in [-0.05, 0) is 11.6 Å². The number of benzene rings is 1. The molecule has 2 aromatic rings. The van der Waals surface area contributed by atoms with E-state index >= 15 is 0 Å². The third kappa shape index (κ3) is 11.3. The zero-order chi connectivity index (χ0) is 17.1. The fourth-order valence-electron chi connectivity index (χ4n) is 1.59. The number of hydrogen-bond donors (Lipinski definition) is 2. The van der Waals surface area contributed by atoms with Crippen LogP contribution in [0.2, 0.25) is 0 Å². The number of aromatic nitrogens is 2. The second kappa shape index (κ2) is 13.0. The monoisotopic (exact) mass is 448 g/mol. The van der Waals surface area contributed by atoms with E-state index in [0.717, 1.165) is 17.2 Å². The van der Waals surface area contributed by atoms with Crippen molar-refractivity contribution in [3.8, 4) is 0 Å². The molecule has 2 N–H and O–H groups in total. The van der Waals surface area contributed by atoms with E-state index in [9.17, 15) is 4.79 Å². The third-order valence-corrected chi connectivity index (χ3v) is 2.47. The van der Waals surface area contributed by atoms with Gasteiger partial charge in [0.2, 0.25) is 6.16 Å². The van der Waals surface area contributed by atoms with Gasteiger partial charge >= 0.3 is 74.9 Å². The van der Waals surface area contributed by atoms with E-state index in [0.29, 0.717) is 6.54 Å². The first kappa shape index (κ1) is 22.7. The first-order valence-corrected chi connectivity index (χ1v) is 6.52. The predicted molar refractivity (Wildman–Crippen MR) is 82.4 cm³/mol. The molecular weight excluding hydrogens is 433 g/mol. The van der Waals surface area contributed by atoms with E-state index in [1.165, 1.54) is 6.08 Å². The van der Waals surface area contributed by atoms with Crippen LogP contribution in [0.4, 0.5) is 4.79 Å². The van der Waals surface area contributed by atoms with Gasteiger partial charge in [0.1, 0.15) is 0 Å². The molecule has 0 unspecified atom stereocenters. The number of aliphatic carboxylic acids is 1. The molecule has 120 valence electrons. The summed E-state index contributed by atoms with van der Waals surface area (Å²) in [6, 6.07) is 10.0. The molecule has 0 amide bonds. The molecule has 0 aliphatic carbocycles. The van der Waals surface area contributed by atoms with Crippen molar-refractivity contribution in [2.75, 3.05) is 0 Å². The van der Waals surface area contributed by atoms with Crippen LogP contribution in [0.5, 0.6) is 0 Å². The Morgan fingerprint density at radius 3 is 2.33 bits per heavy atom. The van der Waals surface area contributed by atoms with Crippen molar-refractivity contribution in [1.82, 2.24) is 9.78 Å². The quantitative estimate of drug-likeness (QED) is 0.544. The smallest absolute Gasteiger partial charge is 0.565 e. The van der Waals surface area contributed by atoms with E-state index in [1.807, 2.05) is 42.5 Å². The van der Waals surface area contributed by atoms with Gasteiger partial charge in [-0.1, -0.05) is 42.5 Å². The Morgan fingerprint density at radius 2 is 1.75 bits per heavy atom. The van der Waals surface area contributed by atoms with Crippen LogP contribution in [-0.4, -0.2) is 32.1 Å². The zero-order valence-electron chi connectivity index (χ0n) is 13.1. The fraction of sp³-hybridized carbons (Fsp3) is 0.0625. The standard InChI is InChI=1S/C15H14N2O2.CH2O3.Cs/c18-15(19)9-8-14-11-16-17(12-14)10-4-7-13-5-2-1-3-6-13;2-1(3)4;/h1-9,11-12H,10H2,(H,18,19);(H2,2,3,4);/q;;+1/p-1. The molecule has 7 nitrogen and oxygen atoms in total. The van der Waals surface area contributed by atoms with Gasteiger partial charge in [0.05, 0.1) is 12.7 Å². The molecule has 1 heterocycles. The van der Waals surface area contributed by atoms with Crippen molar-refractivity contribution in [3.05, 3.63) is 66.0 Å². The maximum atomic E-state index is 10.4. The van der Waals surface area contributed by atoms with Crippen LogP contribution < -0.4 is 74.0 Å². The average Bonchev–Trinajstić information content (AvgIpc) is 2.94. The first-order valence-electron chi connectivity index (χ1n) is 6.52. The summed E-state index contributed by atoms with van der Waals surface area (Å²) in [5.74, 6) is -0.961. The largest absolute Gasteiger partial charge is 1.00 e. The van der Waals surface area contributed by atoms with Crippen molar-refractivity contribution < 1.29 is 93.8 Å². The Hall–Kier alpha value is -1.30. The van der Waals surface area contributed by atoms with Crippen molar-refractivity contribution in [3.63, 3.8) is 0 Å². The van der Waals surface area contributed by atoms with Crippen molar-refractivity contribution in [2.45, 2.75) is 6.54 Å². The number of allylic oxidation sites excluding steroid dienone is 1. The van der Waals surface area contributed by atoms with Crippen LogP contribution >= 0.6 is 0 Å². The Labute approximate surface area is 197 Å². The van der Waals surface area contributed by atoms with Crippen LogP contribution in [-0.2, 0) is 11.3 Å². The van der Waals surface area contributed by atoms with Crippen LogP contribution in [0.1, 0.15) is 11.1 Å². The van der Waals surface area contributed by atoms with Crippen molar-refractivity contribution in [1.29, 1.82) is 0 Å². The van der Waals surface area contributed by atoms with E-state index in [-0.39, 0.29) is 68.9 Å². The van der Waals surface area contributed by atoms with Crippen LogP contribution in [0.25, 0.3) is 12.2 Å². The van der Waals surface area contributed by atoms with Crippen molar-refractivity contribution >= 4 is 24.3 Å². The Balaban J connectivity index is 0.000000954. The minimum atomic E-state index is -2.08. The second-order valence-electron chi connectivity index (χ2n) is 4.25. The first-order chi connectivity index (χ1) is 11.0. The average molecular weight is 448 g/mol. The number of rotatable bonds is 5. The Bertz CT molecular complexity index is 692. The molecule has 0 saturated carbocycles. The third-order valence-electron chi connectivity index (χ3n) is 2.47. The van der Waals surface area contributed by atoms with Crippen LogP contribution in [0.3, 0.4) is 0 Å². The molecular formula is C16H15CsN2O5. The van der Waals surface area contributed by atoms with Crippen molar-refractivity contribution in [2.24, 2.45) is 0 Å². The second-order valence-corrected chi connectivity index (χ2v) is 4.25. The molecule has 2 rings (SSSR count). The number of carboxylic acid groups (broad SMARTS) is 3. The summed E-state index contributed by atoms with van der Waals surface area (Å²) in [6.45, 7) is 0.649. The Morgan fingerprint density at radius 1 is 1.12 bits per heavy atom. The molecule has 1 aromatic heterocycles. The molecule has 0 atom stereocenters. The number of carboxylic acids is 1. The molecule has 0 aliphatic heterocycles. The normalized spacial score (nSPS) is 10.0. The topological polar surface area (TPSA) is 115 Å². The number of nitrogens with zero attached hydrogens (tertiary/aromatic N) is 2. The molecule has 24 heavy (non-hydrogen) atoms. The summed E-state index contributed by atoms with van der Waals surface area (Å²) in [5.41, 5.74) is 1.91. The molecule has 0 fully saturated rings. The SMILES string of the molecule is O=C(O)C=Cc1cnn(CC=Cc2ccccc2)c1.O=C([O-])O.[Cs+]. The summed E-state index contributed by atoms with van der Waals surface area (Å²) < 4.78 is 1.75. The Kier molecular flexibility index (Phi) is 12.3. The number of hydrogen-bond acceptors (Lipinski definition) is 4. The summed E-state index contributed by atoms with van der Waals surface area (Å²) in [7, 11) is 0. The molecule has 0 aliphatic rings. The van der Waals surface area contributed by atoms with E-state index in [4.69, 9.17) is 20.1 Å². The summed E-state index contributed by atoms with van der Waals surface area (Å²) in [6.07, 6.45) is 8.00. The van der Waals surface area contributed by atoms with Crippen LogP contribution in [0, 0.1) is 0 Å². The van der Waals surface area contributed by atoms with Gasteiger partial charge in [-0.2, -0.15) is 5.10 Å². The molecule has 0 bridgehead atoms. The maximum absolute atomic E-state index is 10.4. The van der Waals surface area contributed by atoms with Gasteiger partial charge in [0.25, 0.3) is 0 Å². The van der Waals surface area contributed by atoms with Gasteiger partial charge < -0.3 is 20.1 Å². The molecule has 8 heteroatoms. The van der Waals surface area contributed by atoms with Gasteiger partial charge in [-0.15, -0.1) is 0 Å². The number of carbonyl (C=O) groups is 2. The molecule has 0 radical (unpaired) electrons. The van der Waals surface area contributed by atoms with E-state index in [1.54, 1.807) is 17.1 Å². The minimum Gasteiger partial charge on any atom is -0.565 e. The molecule has 1 aromatic carbocycles. The summed E-state index contributed by atoms with van der Waals surface area (Å²) in [4.78, 5) is 18.8. The molecule has 0 saturated heterocycles. The maximum Gasteiger partial charge on any atom is 1.00 e. The summed E-state index contributed by atoms with van der Waals surface area (Å²) in [5, 5.41) is 28.0. The zero-order valence-corrected chi connectivity index (χ0v) is 19.4. The summed E-state index contributed by atoms with van der Waals surface area (Å²) >= 11 is 0. The van der Waals surface area contributed by atoms with E-state index in [2.05, 4.69) is 5.10 Å². The predicted octanol–water partition coefficient (Wildman–Crippen LogP) is -1.41. The molecule has 0 spiro atoms.